The van der Waals surface area contributed by atoms with E-state index in [0.29, 0.717) is 17.6 Å². The van der Waals surface area contributed by atoms with E-state index < -0.39 is 0 Å². The van der Waals surface area contributed by atoms with E-state index in [2.05, 4.69) is 162 Å². The van der Waals surface area contributed by atoms with E-state index in [1.807, 2.05) is 24.3 Å². The van der Waals surface area contributed by atoms with Gasteiger partial charge in [0, 0.05) is 43.8 Å². The summed E-state index contributed by atoms with van der Waals surface area (Å²) in [7, 11) is 0. The van der Waals surface area contributed by atoms with Crippen molar-refractivity contribution < 1.29 is 4.42 Å². The number of benzene rings is 8. The predicted octanol–water partition coefficient (Wildman–Crippen LogP) is 12.7. The summed E-state index contributed by atoms with van der Waals surface area (Å²) in [4.78, 5) is 15.6. The highest BCUT2D eigenvalue weighted by Gasteiger charge is 2.22. The van der Waals surface area contributed by atoms with Crippen LogP contribution in [-0.4, -0.2) is 19.5 Å². The molecule has 0 amide bonds. The van der Waals surface area contributed by atoms with Gasteiger partial charge in [-0.1, -0.05) is 164 Å². The van der Waals surface area contributed by atoms with Crippen LogP contribution in [0.1, 0.15) is 0 Å². The van der Waals surface area contributed by atoms with Gasteiger partial charge in [0.15, 0.2) is 11.6 Å². The fraction of sp³-hybridized carbons (Fsp3) is 0. The lowest BCUT2D eigenvalue weighted by Gasteiger charge is -2.13. The van der Waals surface area contributed by atoms with Crippen LogP contribution in [0.2, 0.25) is 0 Å². The molecule has 11 rings (SSSR count). The van der Waals surface area contributed by atoms with Crippen LogP contribution >= 0.6 is 0 Å². The largest absolute Gasteiger partial charge is 0.455 e. The summed E-state index contributed by atoms with van der Waals surface area (Å²) >= 11 is 0. The molecule has 0 fully saturated rings. The molecular formula is C49H30N4O. The third-order valence-corrected chi connectivity index (χ3v) is 10.5. The summed E-state index contributed by atoms with van der Waals surface area (Å²) in [6.07, 6.45) is 0. The summed E-state index contributed by atoms with van der Waals surface area (Å²) in [5.41, 5.74) is 9.98. The molecule has 5 heteroatoms. The van der Waals surface area contributed by atoms with E-state index in [0.717, 1.165) is 87.9 Å². The second-order valence-corrected chi connectivity index (χ2v) is 13.6. The molecular weight excluding hydrogens is 661 g/mol. The number of para-hydroxylation sites is 3. The van der Waals surface area contributed by atoms with Crippen LogP contribution in [0.15, 0.2) is 186 Å². The zero-order valence-corrected chi connectivity index (χ0v) is 29.0. The molecule has 3 heterocycles. The molecule has 0 saturated carbocycles. The minimum atomic E-state index is 0.558. The molecule has 0 aliphatic carbocycles. The Balaban J connectivity index is 1.18. The van der Waals surface area contributed by atoms with E-state index in [9.17, 15) is 0 Å². The number of aromatic nitrogens is 4. The van der Waals surface area contributed by atoms with Gasteiger partial charge in [-0.25, -0.2) is 4.98 Å². The maximum Gasteiger partial charge on any atom is 0.238 e. The first-order valence-corrected chi connectivity index (χ1v) is 18.1. The van der Waals surface area contributed by atoms with Crippen molar-refractivity contribution in [2.75, 3.05) is 0 Å². The van der Waals surface area contributed by atoms with Crippen molar-refractivity contribution in [3.05, 3.63) is 182 Å². The molecule has 8 aromatic carbocycles. The second-order valence-electron chi connectivity index (χ2n) is 13.6. The average molecular weight is 691 g/mol. The van der Waals surface area contributed by atoms with Crippen molar-refractivity contribution in [1.82, 2.24) is 19.5 Å². The van der Waals surface area contributed by atoms with Crippen LogP contribution in [0.25, 0.3) is 105 Å². The lowest BCUT2D eigenvalue weighted by atomic mass is 9.99. The van der Waals surface area contributed by atoms with E-state index in [-0.39, 0.29) is 0 Å². The quantitative estimate of drug-likeness (QED) is 0.180. The smallest absolute Gasteiger partial charge is 0.238 e. The molecule has 252 valence electrons. The van der Waals surface area contributed by atoms with Crippen molar-refractivity contribution in [2.45, 2.75) is 0 Å². The Bertz CT molecular complexity index is 3210. The second kappa shape index (κ2) is 12.1. The highest BCUT2D eigenvalue weighted by atomic mass is 16.3. The first kappa shape index (κ1) is 30.3. The van der Waals surface area contributed by atoms with Crippen molar-refractivity contribution in [2.24, 2.45) is 0 Å². The van der Waals surface area contributed by atoms with Crippen LogP contribution in [0.3, 0.4) is 0 Å². The molecule has 0 unspecified atom stereocenters. The Hall–Kier alpha value is -7.37. The number of nitrogens with zero attached hydrogens (tertiary/aromatic N) is 4. The summed E-state index contributed by atoms with van der Waals surface area (Å²) < 4.78 is 8.92. The average Bonchev–Trinajstić information content (AvgIpc) is 3.79. The van der Waals surface area contributed by atoms with Gasteiger partial charge in [-0.15, -0.1) is 0 Å². The lowest BCUT2D eigenvalue weighted by Crippen LogP contribution is -2.07. The minimum Gasteiger partial charge on any atom is -0.455 e. The van der Waals surface area contributed by atoms with Gasteiger partial charge in [-0.3, -0.25) is 4.57 Å². The lowest BCUT2D eigenvalue weighted by molar-refractivity contribution is 0.670. The van der Waals surface area contributed by atoms with Gasteiger partial charge in [0.05, 0.1) is 11.0 Å². The topological polar surface area (TPSA) is 56.7 Å². The van der Waals surface area contributed by atoms with Crippen LogP contribution in [-0.2, 0) is 0 Å². The standard InChI is InChI=1S/C49H30N4O/c1-3-14-32(15-4-1)37-23-13-25-41-39-29-28-34(30-44(39)54-46(37)41)36-22-12-24-40-38-21-9-10-27-43(38)53(45(36)40)49-51-47(33-17-5-2-6-18-33)50-48(52-49)42-26-11-19-31-16-7-8-20-35(31)42/h1-30H. The fourth-order valence-electron chi connectivity index (χ4n) is 7.99. The maximum atomic E-state index is 6.71. The van der Waals surface area contributed by atoms with Crippen molar-refractivity contribution >= 4 is 54.5 Å². The summed E-state index contributed by atoms with van der Waals surface area (Å²) in [6.45, 7) is 0. The Morgan fingerprint density at radius 3 is 1.87 bits per heavy atom. The predicted molar refractivity (Wildman–Crippen MR) is 221 cm³/mol. The first-order chi connectivity index (χ1) is 26.8. The first-order valence-electron chi connectivity index (χ1n) is 18.1. The number of fused-ring (bicyclic) bond motifs is 7. The zero-order valence-electron chi connectivity index (χ0n) is 29.0. The summed E-state index contributed by atoms with van der Waals surface area (Å²) in [6, 6.07) is 63.2. The number of furan rings is 1. The van der Waals surface area contributed by atoms with E-state index >= 15 is 0 Å². The van der Waals surface area contributed by atoms with E-state index in [4.69, 9.17) is 19.4 Å². The van der Waals surface area contributed by atoms with Gasteiger partial charge in [0.25, 0.3) is 0 Å². The Morgan fingerprint density at radius 2 is 1.02 bits per heavy atom. The van der Waals surface area contributed by atoms with Gasteiger partial charge in [0.1, 0.15) is 11.2 Å². The van der Waals surface area contributed by atoms with Crippen LogP contribution < -0.4 is 0 Å². The number of rotatable bonds is 5. The molecule has 0 saturated heterocycles. The van der Waals surface area contributed by atoms with Gasteiger partial charge in [-0.2, -0.15) is 9.97 Å². The Labute approximate surface area is 310 Å². The van der Waals surface area contributed by atoms with E-state index in [1.165, 1.54) is 0 Å². The molecule has 0 spiro atoms. The van der Waals surface area contributed by atoms with Crippen molar-refractivity contribution in [1.29, 1.82) is 0 Å². The number of hydrogen-bond acceptors (Lipinski definition) is 4. The fourth-order valence-corrected chi connectivity index (χ4v) is 7.99. The molecule has 0 aliphatic rings. The molecule has 54 heavy (non-hydrogen) atoms. The monoisotopic (exact) mass is 690 g/mol. The van der Waals surface area contributed by atoms with E-state index in [1.54, 1.807) is 0 Å². The zero-order chi connectivity index (χ0) is 35.6. The Morgan fingerprint density at radius 1 is 0.389 bits per heavy atom. The molecule has 3 aromatic heterocycles. The maximum absolute atomic E-state index is 6.71. The third-order valence-electron chi connectivity index (χ3n) is 10.5. The third kappa shape index (κ3) is 4.76. The highest BCUT2D eigenvalue weighted by molar-refractivity contribution is 6.15. The molecule has 0 aliphatic heterocycles. The molecule has 0 atom stereocenters. The van der Waals surface area contributed by atoms with Crippen LogP contribution in [0.5, 0.6) is 0 Å². The normalized spacial score (nSPS) is 11.7. The molecule has 0 radical (unpaired) electrons. The van der Waals surface area contributed by atoms with Crippen LogP contribution in [0.4, 0.5) is 0 Å². The molecule has 0 N–H and O–H groups in total. The minimum absolute atomic E-state index is 0.558. The van der Waals surface area contributed by atoms with Gasteiger partial charge in [0.2, 0.25) is 5.95 Å². The summed E-state index contributed by atoms with van der Waals surface area (Å²) in [5.74, 6) is 1.80. The van der Waals surface area contributed by atoms with Crippen molar-refractivity contribution in [3.8, 4) is 51.0 Å². The van der Waals surface area contributed by atoms with Gasteiger partial charge in [-0.05, 0) is 40.1 Å². The molecule has 5 nitrogen and oxygen atoms in total. The Kier molecular flexibility index (Phi) is 6.79. The number of hydrogen-bond donors (Lipinski definition) is 0. The summed E-state index contributed by atoms with van der Waals surface area (Å²) in [5, 5.41) is 6.66. The highest BCUT2D eigenvalue weighted by Crippen LogP contribution is 2.41. The van der Waals surface area contributed by atoms with Gasteiger partial charge < -0.3 is 4.42 Å². The molecule has 0 bridgehead atoms. The molecule has 11 aromatic rings. The van der Waals surface area contributed by atoms with Crippen molar-refractivity contribution in [3.63, 3.8) is 0 Å². The SMILES string of the molecule is c1ccc(-c2nc(-c3cccc4ccccc34)nc(-n3c4ccccc4c4cccc(-c5ccc6c(c5)oc5c(-c7ccccc7)cccc56)c43)n2)cc1. The van der Waals surface area contributed by atoms with Gasteiger partial charge >= 0.3 is 0 Å². The van der Waals surface area contributed by atoms with Crippen LogP contribution in [0, 0.1) is 0 Å².